The number of thiophene rings is 2. The van der Waals surface area contributed by atoms with Gasteiger partial charge in [-0.2, -0.15) is 0 Å². The molecule has 0 fully saturated rings. The molecule has 0 radical (unpaired) electrons. The van der Waals surface area contributed by atoms with Crippen LogP contribution in [0.25, 0.3) is 10.6 Å². The summed E-state index contributed by atoms with van der Waals surface area (Å²) in [5, 5.41) is 10.4. The van der Waals surface area contributed by atoms with E-state index in [1.807, 2.05) is 38.1 Å². The molecule has 3 aromatic heterocycles. The minimum absolute atomic E-state index is 0.0280. The maximum absolute atomic E-state index is 11.7. The summed E-state index contributed by atoms with van der Waals surface area (Å²) in [4.78, 5) is 23.1. The van der Waals surface area contributed by atoms with E-state index in [1.54, 1.807) is 29.7 Å². The van der Waals surface area contributed by atoms with Crippen molar-refractivity contribution in [3.8, 4) is 16.5 Å². The zero-order valence-corrected chi connectivity index (χ0v) is 14.6. The van der Waals surface area contributed by atoms with E-state index in [0.29, 0.717) is 22.5 Å². The monoisotopic (exact) mass is 344 g/mol. The number of nitrogens with one attached hydrogen (secondary N) is 1. The number of hydrogen-bond donors (Lipinski definition) is 2. The third kappa shape index (κ3) is 2.75. The number of hydrogen-bond acceptors (Lipinski definition) is 5. The molecule has 0 aromatic carbocycles. The number of aromatic nitrogens is 1. The van der Waals surface area contributed by atoms with Crippen molar-refractivity contribution in [2.75, 3.05) is 7.05 Å². The number of H-pyrrole nitrogens is 1. The molecule has 0 bridgehead atoms. The summed E-state index contributed by atoms with van der Waals surface area (Å²) in [6, 6.07) is 7.89. The Morgan fingerprint density at radius 1 is 1.17 bits per heavy atom. The van der Waals surface area contributed by atoms with Crippen LogP contribution >= 0.6 is 22.7 Å². The van der Waals surface area contributed by atoms with Crippen molar-refractivity contribution in [3.05, 3.63) is 50.0 Å². The van der Waals surface area contributed by atoms with Gasteiger partial charge in [-0.05, 0) is 38.1 Å². The van der Waals surface area contributed by atoms with Crippen molar-refractivity contribution in [1.29, 1.82) is 0 Å². The normalized spacial score (nSPS) is 11.9. The highest BCUT2D eigenvalue weighted by molar-refractivity contribution is 7.15. The second-order valence-corrected chi connectivity index (χ2v) is 7.72. The SMILES string of the molecule is CN=C(c1ccc(C)s1)c1c(O)[nH]c(-c2ccc(C)s2)c1C=O. The summed E-state index contributed by atoms with van der Waals surface area (Å²) >= 11 is 3.16. The van der Waals surface area contributed by atoms with E-state index < -0.39 is 0 Å². The molecular weight excluding hydrogens is 328 g/mol. The van der Waals surface area contributed by atoms with Crippen molar-refractivity contribution in [2.24, 2.45) is 4.99 Å². The molecule has 6 heteroatoms. The van der Waals surface area contributed by atoms with E-state index in [4.69, 9.17) is 0 Å². The summed E-state index contributed by atoms with van der Waals surface area (Å²) in [6.07, 6.45) is 0.779. The maximum atomic E-state index is 11.7. The average molecular weight is 344 g/mol. The van der Waals surface area contributed by atoms with Gasteiger partial charge in [-0.1, -0.05) is 0 Å². The number of aliphatic imine (C=N–C) groups is 1. The third-order valence-corrected chi connectivity index (χ3v) is 5.58. The van der Waals surface area contributed by atoms with Gasteiger partial charge in [0.05, 0.1) is 32.3 Å². The molecule has 0 unspecified atom stereocenters. The first kappa shape index (κ1) is 15.7. The number of aryl methyl sites for hydroxylation is 2. The van der Waals surface area contributed by atoms with Gasteiger partial charge in [0.15, 0.2) is 12.2 Å². The van der Waals surface area contributed by atoms with E-state index in [-0.39, 0.29) is 5.88 Å². The van der Waals surface area contributed by atoms with Crippen molar-refractivity contribution in [1.82, 2.24) is 4.98 Å². The summed E-state index contributed by atoms with van der Waals surface area (Å²) in [5.74, 6) is -0.0280. The molecule has 2 N–H and O–H groups in total. The summed E-state index contributed by atoms with van der Waals surface area (Å²) in [5.41, 5.74) is 2.17. The van der Waals surface area contributed by atoms with Crippen LogP contribution in [-0.4, -0.2) is 29.1 Å². The number of carbonyl (C=O) groups excluding carboxylic acids is 1. The first-order chi connectivity index (χ1) is 11.0. The molecule has 118 valence electrons. The topological polar surface area (TPSA) is 65.5 Å². The van der Waals surface area contributed by atoms with Crippen LogP contribution in [0.5, 0.6) is 5.88 Å². The Kier molecular flexibility index (Phi) is 4.19. The Hall–Kier alpha value is -2.18. The lowest BCUT2D eigenvalue weighted by molar-refractivity contribution is 0.112. The van der Waals surface area contributed by atoms with Crippen molar-refractivity contribution in [3.63, 3.8) is 0 Å². The Morgan fingerprint density at radius 3 is 2.39 bits per heavy atom. The van der Waals surface area contributed by atoms with Crippen LogP contribution in [0.15, 0.2) is 29.3 Å². The predicted octanol–water partition coefficient (Wildman–Crippen LogP) is 4.41. The van der Waals surface area contributed by atoms with E-state index in [9.17, 15) is 9.90 Å². The molecule has 23 heavy (non-hydrogen) atoms. The molecule has 0 aliphatic carbocycles. The fourth-order valence-electron chi connectivity index (χ4n) is 2.53. The van der Waals surface area contributed by atoms with Crippen LogP contribution in [-0.2, 0) is 0 Å². The molecule has 0 atom stereocenters. The minimum atomic E-state index is -0.0280. The predicted molar refractivity (Wildman–Crippen MR) is 96.5 cm³/mol. The van der Waals surface area contributed by atoms with Crippen molar-refractivity contribution < 1.29 is 9.90 Å². The molecule has 0 saturated carbocycles. The number of nitrogens with zero attached hydrogens (tertiary/aromatic N) is 1. The molecule has 0 spiro atoms. The molecule has 3 heterocycles. The fourth-order valence-corrected chi connectivity index (χ4v) is 4.32. The first-order valence-electron chi connectivity index (χ1n) is 7.06. The van der Waals surface area contributed by atoms with Gasteiger partial charge >= 0.3 is 0 Å². The second-order valence-electron chi connectivity index (χ2n) is 5.15. The summed E-state index contributed by atoms with van der Waals surface area (Å²) in [6.45, 7) is 4.02. The quantitative estimate of drug-likeness (QED) is 0.544. The molecule has 4 nitrogen and oxygen atoms in total. The third-order valence-electron chi connectivity index (χ3n) is 3.56. The second kappa shape index (κ2) is 6.14. The van der Waals surface area contributed by atoms with Gasteiger partial charge in [-0.15, -0.1) is 22.7 Å². The Labute approximate surface area is 142 Å². The van der Waals surface area contributed by atoms with Gasteiger partial charge in [0.2, 0.25) is 0 Å². The molecule has 0 saturated heterocycles. The Morgan fingerprint density at radius 2 is 1.87 bits per heavy atom. The largest absolute Gasteiger partial charge is 0.494 e. The molecule has 3 aromatic rings. The van der Waals surface area contributed by atoms with Crippen LogP contribution < -0.4 is 0 Å². The van der Waals surface area contributed by atoms with Crippen molar-refractivity contribution in [2.45, 2.75) is 13.8 Å². The Bertz CT molecular complexity index is 900. The highest BCUT2D eigenvalue weighted by Crippen LogP contribution is 2.36. The van der Waals surface area contributed by atoms with E-state index in [0.717, 1.165) is 25.8 Å². The average Bonchev–Trinajstić information content (AvgIpc) is 3.21. The summed E-state index contributed by atoms with van der Waals surface area (Å²) < 4.78 is 0. The van der Waals surface area contributed by atoms with E-state index in [2.05, 4.69) is 9.98 Å². The molecule has 0 aliphatic rings. The van der Waals surface area contributed by atoms with Crippen LogP contribution in [0.3, 0.4) is 0 Å². The van der Waals surface area contributed by atoms with Crippen LogP contribution in [0.4, 0.5) is 0 Å². The van der Waals surface area contributed by atoms with Crippen LogP contribution in [0, 0.1) is 13.8 Å². The minimum Gasteiger partial charge on any atom is -0.494 e. The van der Waals surface area contributed by atoms with Crippen molar-refractivity contribution >= 4 is 34.7 Å². The number of aldehydes is 1. The number of aromatic hydroxyl groups is 1. The zero-order valence-electron chi connectivity index (χ0n) is 13.0. The molecule has 0 aliphatic heterocycles. The van der Waals surface area contributed by atoms with Crippen LogP contribution in [0.1, 0.15) is 30.6 Å². The Balaban J connectivity index is 2.20. The molecule has 0 amide bonds. The van der Waals surface area contributed by atoms with Gasteiger partial charge in [0, 0.05) is 16.8 Å². The van der Waals surface area contributed by atoms with Gasteiger partial charge in [0.25, 0.3) is 0 Å². The number of carbonyl (C=O) groups is 1. The lowest BCUT2D eigenvalue weighted by atomic mass is 10.0. The highest BCUT2D eigenvalue weighted by Gasteiger charge is 2.24. The maximum Gasteiger partial charge on any atom is 0.199 e. The number of aromatic amines is 1. The molecular formula is C17H16N2O2S2. The smallest absolute Gasteiger partial charge is 0.199 e. The molecule has 3 rings (SSSR count). The van der Waals surface area contributed by atoms with E-state index in [1.165, 1.54) is 0 Å². The van der Waals surface area contributed by atoms with Crippen LogP contribution in [0.2, 0.25) is 0 Å². The standard InChI is InChI=1S/C17H16N2O2S2/c1-9-4-6-12(22-9)15-11(8-20)14(17(21)19-15)16(18-3)13-7-5-10(2)23-13/h4-8,19,21H,1-3H3. The zero-order chi connectivity index (χ0) is 16.6. The van der Waals surface area contributed by atoms with E-state index >= 15 is 0 Å². The van der Waals surface area contributed by atoms with Gasteiger partial charge in [0.1, 0.15) is 0 Å². The lowest BCUT2D eigenvalue weighted by Gasteiger charge is -2.03. The first-order valence-corrected chi connectivity index (χ1v) is 8.69. The fraction of sp³-hybridized carbons (Fsp3) is 0.176. The van der Waals surface area contributed by atoms with Gasteiger partial charge in [-0.3, -0.25) is 9.79 Å². The number of rotatable bonds is 4. The highest BCUT2D eigenvalue weighted by atomic mass is 32.1. The summed E-state index contributed by atoms with van der Waals surface area (Å²) in [7, 11) is 1.67. The van der Waals surface area contributed by atoms with Gasteiger partial charge in [-0.25, -0.2) is 0 Å². The van der Waals surface area contributed by atoms with Gasteiger partial charge < -0.3 is 10.1 Å². The lowest BCUT2D eigenvalue weighted by Crippen LogP contribution is -2.03.